The molecule has 1 aromatic heterocycles. The molecule has 1 aliphatic heterocycles. The van der Waals surface area contributed by atoms with Gasteiger partial charge < -0.3 is 0 Å². The van der Waals surface area contributed by atoms with E-state index in [9.17, 15) is 9.59 Å². The quantitative estimate of drug-likeness (QED) is 0.623. The molecule has 102 valence electrons. The molecule has 0 aromatic carbocycles. The molecule has 1 fully saturated rings. The zero-order valence-electron chi connectivity index (χ0n) is 10.7. The lowest BCUT2D eigenvalue weighted by Gasteiger charge is -2.16. The minimum Gasteiger partial charge on any atom is -0.278 e. The van der Waals surface area contributed by atoms with E-state index < -0.39 is 0 Å². The molecule has 0 radical (unpaired) electrons. The van der Waals surface area contributed by atoms with Crippen LogP contribution in [0.3, 0.4) is 0 Å². The fourth-order valence-corrected chi connectivity index (χ4v) is 2.58. The summed E-state index contributed by atoms with van der Waals surface area (Å²) in [5.74, 6) is 0.0719. The highest BCUT2D eigenvalue weighted by atomic mass is 35.5. The van der Waals surface area contributed by atoms with Gasteiger partial charge in [-0.15, -0.1) is 0 Å². The first-order chi connectivity index (χ1) is 8.88. The van der Waals surface area contributed by atoms with Gasteiger partial charge in [0, 0.05) is 18.5 Å². The summed E-state index contributed by atoms with van der Waals surface area (Å²) in [6, 6.07) is 2.84. The topological polar surface area (TPSA) is 50.3 Å². The van der Waals surface area contributed by atoms with E-state index in [0.29, 0.717) is 24.4 Å². The minimum atomic E-state index is -0.362. The van der Waals surface area contributed by atoms with Crippen molar-refractivity contribution < 1.29 is 9.59 Å². The third-order valence-electron chi connectivity index (χ3n) is 3.35. The maximum Gasteiger partial charge on any atom is 0.260 e. The Morgan fingerprint density at radius 2 is 1.95 bits per heavy atom. The van der Waals surface area contributed by atoms with E-state index in [1.54, 1.807) is 0 Å². The van der Waals surface area contributed by atoms with Crippen molar-refractivity contribution in [2.24, 2.45) is 11.8 Å². The molecule has 1 aliphatic rings. The Balaban J connectivity index is 2.22. The number of hydrogen-bond donors (Lipinski definition) is 0. The first-order valence-electron chi connectivity index (χ1n) is 6.06. The van der Waals surface area contributed by atoms with E-state index >= 15 is 0 Å². The summed E-state index contributed by atoms with van der Waals surface area (Å²) in [6.45, 7) is 4.55. The van der Waals surface area contributed by atoms with Gasteiger partial charge in [-0.2, -0.15) is 0 Å². The number of aromatic nitrogens is 1. The van der Waals surface area contributed by atoms with Crippen LogP contribution >= 0.6 is 23.2 Å². The summed E-state index contributed by atoms with van der Waals surface area (Å²) in [5.41, 5.74) is 0.294. The summed E-state index contributed by atoms with van der Waals surface area (Å²) in [4.78, 5) is 29.2. The van der Waals surface area contributed by atoms with Crippen molar-refractivity contribution in [3.8, 4) is 0 Å². The van der Waals surface area contributed by atoms with Crippen LogP contribution in [0.2, 0.25) is 10.3 Å². The van der Waals surface area contributed by atoms with Gasteiger partial charge >= 0.3 is 0 Å². The number of rotatable bonds is 2. The van der Waals surface area contributed by atoms with Crippen LogP contribution in [0.5, 0.6) is 0 Å². The Labute approximate surface area is 121 Å². The number of pyridine rings is 1. The zero-order valence-corrected chi connectivity index (χ0v) is 12.2. The van der Waals surface area contributed by atoms with Gasteiger partial charge in [0.2, 0.25) is 5.91 Å². The Morgan fingerprint density at radius 3 is 2.42 bits per heavy atom. The summed E-state index contributed by atoms with van der Waals surface area (Å²) in [5, 5.41) is 0.283. The molecule has 1 saturated heterocycles. The van der Waals surface area contributed by atoms with Gasteiger partial charge in [-0.3, -0.25) is 14.5 Å². The van der Waals surface area contributed by atoms with Gasteiger partial charge in [-0.05, 0) is 24.0 Å². The molecule has 0 aliphatic carbocycles. The number of carbonyl (C=O) groups is 2. The minimum absolute atomic E-state index is 0.142. The number of carbonyl (C=O) groups excluding carboxylic acids is 2. The monoisotopic (exact) mass is 300 g/mol. The number of halogens is 2. The van der Waals surface area contributed by atoms with Crippen molar-refractivity contribution in [3.63, 3.8) is 0 Å². The van der Waals surface area contributed by atoms with E-state index in [2.05, 4.69) is 4.98 Å². The molecule has 0 N–H and O–H groups in total. The van der Waals surface area contributed by atoms with Crippen LogP contribution < -0.4 is 0 Å². The van der Waals surface area contributed by atoms with Crippen LogP contribution in [-0.4, -0.2) is 28.2 Å². The molecular formula is C13H14Cl2N2O2. The van der Waals surface area contributed by atoms with E-state index in [4.69, 9.17) is 23.2 Å². The van der Waals surface area contributed by atoms with Crippen LogP contribution in [0.1, 0.15) is 30.6 Å². The van der Waals surface area contributed by atoms with E-state index in [0.717, 1.165) is 0 Å². The highest BCUT2D eigenvalue weighted by molar-refractivity contribution is 6.33. The Bertz CT molecular complexity index is 511. The van der Waals surface area contributed by atoms with Gasteiger partial charge in [0.05, 0.1) is 0 Å². The first-order valence-corrected chi connectivity index (χ1v) is 6.82. The Kier molecular flexibility index (Phi) is 4.11. The fraction of sp³-hybridized carbons (Fsp3) is 0.462. The van der Waals surface area contributed by atoms with Gasteiger partial charge in [0.25, 0.3) is 5.91 Å². The SMILES string of the molecule is CC(C)C1CC(=O)N(C(=O)c2cc(Cl)nc(Cl)c2)C1. The lowest BCUT2D eigenvalue weighted by Crippen LogP contribution is -2.32. The van der Waals surface area contributed by atoms with Crippen molar-refractivity contribution >= 4 is 35.0 Å². The summed E-state index contributed by atoms with van der Waals surface area (Å²) >= 11 is 11.5. The summed E-state index contributed by atoms with van der Waals surface area (Å²) in [6.07, 6.45) is 0.413. The van der Waals surface area contributed by atoms with Crippen molar-refractivity contribution in [1.82, 2.24) is 9.88 Å². The van der Waals surface area contributed by atoms with Crippen LogP contribution in [0.4, 0.5) is 0 Å². The molecule has 2 amide bonds. The predicted molar refractivity (Wildman–Crippen MR) is 73.2 cm³/mol. The second kappa shape index (κ2) is 5.47. The molecule has 4 nitrogen and oxygen atoms in total. The zero-order chi connectivity index (χ0) is 14.2. The molecule has 1 aromatic rings. The highest BCUT2D eigenvalue weighted by Gasteiger charge is 2.35. The second-order valence-corrected chi connectivity index (χ2v) is 5.79. The molecule has 2 rings (SSSR count). The molecule has 2 heterocycles. The van der Waals surface area contributed by atoms with Crippen molar-refractivity contribution in [2.45, 2.75) is 20.3 Å². The first kappa shape index (κ1) is 14.3. The van der Waals surface area contributed by atoms with E-state index in [1.165, 1.54) is 17.0 Å². The average molecular weight is 301 g/mol. The van der Waals surface area contributed by atoms with Gasteiger partial charge in [0.15, 0.2) is 0 Å². The van der Waals surface area contributed by atoms with E-state index in [1.807, 2.05) is 13.8 Å². The van der Waals surface area contributed by atoms with Gasteiger partial charge in [0.1, 0.15) is 10.3 Å². The van der Waals surface area contributed by atoms with Gasteiger partial charge in [-0.25, -0.2) is 4.98 Å². The molecular weight excluding hydrogens is 287 g/mol. The van der Waals surface area contributed by atoms with Crippen LogP contribution in [0.25, 0.3) is 0 Å². The number of imide groups is 1. The van der Waals surface area contributed by atoms with Crippen molar-refractivity contribution in [1.29, 1.82) is 0 Å². The lowest BCUT2D eigenvalue weighted by atomic mass is 9.95. The number of nitrogens with zero attached hydrogens (tertiary/aromatic N) is 2. The lowest BCUT2D eigenvalue weighted by molar-refractivity contribution is -0.125. The second-order valence-electron chi connectivity index (χ2n) is 5.02. The number of likely N-dealkylation sites (tertiary alicyclic amines) is 1. The molecule has 1 unspecified atom stereocenters. The predicted octanol–water partition coefficient (Wildman–Crippen LogP) is 3.03. The molecule has 0 saturated carbocycles. The van der Waals surface area contributed by atoms with Crippen molar-refractivity contribution in [2.75, 3.05) is 6.54 Å². The average Bonchev–Trinajstić information content (AvgIpc) is 2.69. The molecule has 0 bridgehead atoms. The van der Waals surface area contributed by atoms with Crippen LogP contribution in [0.15, 0.2) is 12.1 Å². The molecule has 0 spiro atoms. The standard InChI is InChI=1S/C13H14Cl2N2O2/c1-7(2)9-5-12(18)17(6-9)13(19)8-3-10(14)16-11(15)4-8/h3-4,7,9H,5-6H2,1-2H3. The highest BCUT2D eigenvalue weighted by Crippen LogP contribution is 2.27. The van der Waals surface area contributed by atoms with Crippen molar-refractivity contribution in [3.05, 3.63) is 28.0 Å². The maximum absolute atomic E-state index is 12.3. The fourth-order valence-electron chi connectivity index (χ4n) is 2.12. The summed E-state index contributed by atoms with van der Waals surface area (Å²) < 4.78 is 0. The third kappa shape index (κ3) is 3.07. The number of hydrogen-bond acceptors (Lipinski definition) is 3. The normalized spacial score (nSPS) is 19.3. The molecule has 19 heavy (non-hydrogen) atoms. The van der Waals surface area contributed by atoms with Crippen LogP contribution in [0, 0.1) is 11.8 Å². The smallest absolute Gasteiger partial charge is 0.260 e. The molecule has 1 atom stereocenters. The Morgan fingerprint density at radius 1 is 1.37 bits per heavy atom. The Hall–Kier alpha value is -1.13. The maximum atomic E-state index is 12.3. The van der Waals surface area contributed by atoms with E-state index in [-0.39, 0.29) is 28.0 Å². The number of amides is 2. The van der Waals surface area contributed by atoms with Gasteiger partial charge in [-0.1, -0.05) is 37.0 Å². The summed E-state index contributed by atoms with van der Waals surface area (Å²) in [7, 11) is 0. The van der Waals surface area contributed by atoms with Crippen LogP contribution in [-0.2, 0) is 4.79 Å². The molecule has 6 heteroatoms. The third-order valence-corrected chi connectivity index (χ3v) is 3.74. The largest absolute Gasteiger partial charge is 0.278 e.